The Morgan fingerprint density at radius 3 is 1.51 bits per heavy atom. The highest BCUT2D eigenvalue weighted by atomic mass is 35.5. The lowest BCUT2D eigenvalue weighted by molar-refractivity contribution is 0.0169. The third kappa shape index (κ3) is 13.9. The maximum absolute atomic E-state index is 14.0. The van der Waals surface area contributed by atoms with E-state index in [4.69, 9.17) is 55.3 Å². The molecular formula is C36H43Cl3F2N6O6. The Kier molecular flexibility index (Phi) is 15.9. The molecule has 53 heavy (non-hydrogen) atoms. The van der Waals surface area contributed by atoms with Gasteiger partial charge in [-0.2, -0.15) is 10.5 Å². The SMILES string of the molecule is CC(C)(C)OC(=O)N1CCC(C#N)(NC(=O)c2cccc(Cl)c2F)CC1.CC(C)(C)OC(=O)N1CCC(N)(C#N)CC1.O=C(Cl)c1cccc(Cl)c1F. The van der Waals surface area contributed by atoms with Gasteiger partial charge in [0.05, 0.1) is 33.3 Å². The van der Waals surface area contributed by atoms with Gasteiger partial charge < -0.3 is 30.3 Å². The minimum atomic E-state index is -1.18. The summed E-state index contributed by atoms with van der Waals surface area (Å²) in [7, 11) is 0. The van der Waals surface area contributed by atoms with E-state index in [9.17, 15) is 33.2 Å². The highest BCUT2D eigenvalue weighted by Crippen LogP contribution is 2.26. The van der Waals surface area contributed by atoms with Crippen molar-refractivity contribution in [1.82, 2.24) is 15.1 Å². The Balaban J connectivity index is 0.000000305. The fraction of sp³-hybridized carbons (Fsp3) is 0.500. The molecule has 17 heteroatoms. The van der Waals surface area contributed by atoms with Crippen LogP contribution in [0.3, 0.4) is 0 Å². The van der Waals surface area contributed by atoms with Crippen LogP contribution < -0.4 is 11.1 Å². The first-order valence-corrected chi connectivity index (χ1v) is 17.6. The standard InChI is InChI=1S/C18H21ClFN3O3.C11H19N3O2.C7H3Cl2FO/c1-17(2,3)26-16(25)23-9-7-18(11-21,8-10-23)22-15(24)12-5-4-6-13(19)14(12)20;1-10(2,3)16-9(15)14-6-4-11(13,8-12)5-7-14;8-5-3-1-2-4(6(5)10)7(9)11/h4-6H,7-10H2,1-3H3,(H,22,24);4-7,13H2,1-3H3;1-3H. The summed E-state index contributed by atoms with van der Waals surface area (Å²) < 4.78 is 37.4. The smallest absolute Gasteiger partial charge is 0.410 e. The van der Waals surface area contributed by atoms with Gasteiger partial charge in [-0.05, 0) is 90.3 Å². The Labute approximate surface area is 323 Å². The van der Waals surface area contributed by atoms with Crippen LogP contribution >= 0.6 is 34.8 Å². The molecule has 3 N–H and O–H groups in total. The number of amides is 3. The molecule has 0 bridgehead atoms. The summed E-state index contributed by atoms with van der Waals surface area (Å²) in [5, 5.41) is 19.9. The van der Waals surface area contributed by atoms with Crippen LogP contribution in [0.5, 0.6) is 0 Å². The number of hydrogen-bond acceptors (Lipinski definition) is 9. The second-order valence-electron chi connectivity index (χ2n) is 14.3. The first-order chi connectivity index (χ1) is 24.4. The van der Waals surface area contributed by atoms with E-state index in [2.05, 4.69) is 17.5 Å². The van der Waals surface area contributed by atoms with Crippen LogP contribution in [0.25, 0.3) is 0 Å². The Morgan fingerprint density at radius 2 is 1.15 bits per heavy atom. The molecule has 2 heterocycles. The van der Waals surface area contributed by atoms with Gasteiger partial charge in [0.1, 0.15) is 22.3 Å². The molecule has 0 radical (unpaired) electrons. The number of rotatable bonds is 3. The molecule has 0 saturated carbocycles. The maximum Gasteiger partial charge on any atom is 0.410 e. The number of likely N-dealkylation sites (tertiary alicyclic amines) is 2. The summed E-state index contributed by atoms with van der Waals surface area (Å²) >= 11 is 16.1. The Bertz CT molecular complexity index is 1740. The minimum Gasteiger partial charge on any atom is -0.444 e. The lowest BCUT2D eigenvalue weighted by Crippen LogP contribution is -2.56. The summed E-state index contributed by atoms with van der Waals surface area (Å²) in [6, 6.07) is 12.4. The van der Waals surface area contributed by atoms with E-state index in [1.807, 2.05) is 20.8 Å². The number of nitriles is 2. The van der Waals surface area contributed by atoms with E-state index in [1.54, 1.807) is 25.7 Å². The van der Waals surface area contributed by atoms with Gasteiger partial charge in [-0.3, -0.25) is 9.59 Å². The topological polar surface area (TPSA) is 179 Å². The number of carbonyl (C=O) groups is 4. The van der Waals surface area contributed by atoms with Crippen molar-refractivity contribution in [2.45, 2.75) is 89.5 Å². The van der Waals surface area contributed by atoms with Crippen molar-refractivity contribution in [1.29, 1.82) is 10.5 Å². The molecule has 288 valence electrons. The molecule has 2 saturated heterocycles. The van der Waals surface area contributed by atoms with E-state index in [1.165, 1.54) is 41.3 Å². The van der Waals surface area contributed by atoms with E-state index in [-0.39, 0.29) is 53.2 Å². The third-order valence-electron chi connectivity index (χ3n) is 7.73. The second kappa shape index (κ2) is 18.7. The number of nitrogens with two attached hydrogens (primary N) is 1. The molecule has 2 fully saturated rings. The molecule has 2 aliphatic heterocycles. The molecule has 2 aromatic rings. The number of carbonyl (C=O) groups excluding carboxylic acids is 4. The Morgan fingerprint density at radius 1 is 0.755 bits per heavy atom. The third-order valence-corrected chi connectivity index (χ3v) is 8.51. The van der Waals surface area contributed by atoms with Gasteiger partial charge in [-0.25, -0.2) is 18.4 Å². The summed E-state index contributed by atoms with van der Waals surface area (Å²) in [6.45, 7) is 12.3. The number of halogens is 5. The zero-order chi connectivity index (χ0) is 40.4. The highest BCUT2D eigenvalue weighted by Gasteiger charge is 2.39. The molecule has 2 aliphatic rings. The molecule has 0 spiro atoms. The van der Waals surface area contributed by atoms with Gasteiger partial charge in [0.25, 0.3) is 11.1 Å². The van der Waals surface area contributed by atoms with Crippen LogP contribution in [0.15, 0.2) is 36.4 Å². The van der Waals surface area contributed by atoms with Gasteiger partial charge in [0, 0.05) is 39.0 Å². The van der Waals surface area contributed by atoms with E-state index >= 15 is 0 Å². The average Bonchev–Trinajstić information content (AvgIpc) is 3.06. The number of ether oxygens (including phenoxy) is 2. The maximum atomic E-state index is 14.0. The molecular weight excluding hydrogens is 757 g/mol. The lowest BCUT2D eigenvalue weighted by Gasteiger charge is -2.38. The fourth-order valence-corrected chi connectivity index (χ4v) is 5.30. The molecule has 4 rings (SSSR count). The van der Waals surface area contributed by atoms with Crippen molar-refractivity contribution >= 4 is 58.1 Å². The normalized spacial score (nSPS) is 16.2. The summed E-state index contributed by atoms with van der Waals surface area (Å²) in [6.07, 6.45) is 0.655. The number of piperidine rings is 2. The van der Waals surface area contributed by atoms with Crippen LogP contribution in [-0.4, -0.2) is 81.6 Å². The zero-order valence-corrected chi connectivity index (χ0v) is 32.6. The predicted octanol–water partition coefficient (Wildman–Crippen LogP) is 7.60. The van der Waals surface area contributed by atoms with Crippen LogP contribution in [-0.2, 0) is 9.47 Å². The van der Waals surface area contributed by atoms with Gasteiger partial charge >= 0.3 is 12.2 Å². The van der Waals surface area contributed by atoms with Crippen molar-refractivity contribution in [3.8, 4) is 12.1 Å². The number of benzene rings is 2. The predicted molar refractivity (Wildman–Crippen MR) is 195 cm³/mol. The van der Waals surface area contributed by atoms with Crippen molar-refractivity contribution < 1.29 is 37.4 Å². The molecule has 0 atom stereocenters. The van der Waals surface area contributed by atoms with E-state index in [0.717, 1.165) is 0 Å². The van der Waals surface area contributed by atoms with Crippen LogP contribution in [0.2, 0.25) is 10.0 Å². The molecule has 3 amide bonds. The number of nitrogens with zero attached hydrogens (tertiary/aromatic N) is 4. The zero-order valence-electron chi connectivity index (χ0n) is 30.3. The summed E-state index contributed by atoms with van der Waals surface area (Å²) in [5.41, 5.74) is 2.34. The lowest BCUT2D eigenvalue weighted by atomic mass is 9.88. The van der Waals surface area contributed by atoms with Crippen molar-refractivity contribution in [3.63, 3.8) is 0 Å². The molecule has 2 aromatic carbocycles. The second-order valence-corrected chi connectivity index (χ2v) is 15.5. The van der Waals surface area contributed by atoms with Crippen molar-refractivity contribution in [3.05, 3.63) is 69.2 Å². The molecule has 0 aliphatic carbocycles. The first-order valence-electron chi connectivity index (χ1n) is 16.4. The van der Waals surface area contributed by atoms with Crippen molar-refractivity contribution in [2.75, 3.05) is 26.2 Å². The Hall–Kier alpha value is -4.21. The van der Waals surface area contributed by atoms with Gasteiger partial charge in [-0.1, -0.05) is 35.3 Å². The van der Waals surface area contributed by atoms with Gasteiger partial charge in [0.15, 0.2) is 11.6 Å². The highest BCUT2D eigenvalue weighted by molar-refractivity contribution is 6.67. The molecule has 0 aromatic heterocycles. The van der Waals surface area contributed by atoms with Gasteiger partial charge in [0.2, 0.25) is 0 Å². The molecule has 0 unspecified atom stereocenters. The van der Waals surface area contributed by atoms with Crippen LogP contribution in [0, 0.1) is 34.3 Å². The quantitative estimate of drug-likeness (QED) is 0.296. The first kappa shape index (κ1) is 44.9. The van der Waals surface area contributed by atoms with Crippen molar-refractivity contribution in [2.24, 2.45) is 5.73 Å². The number of hydrogen-bond donors (Lipinski definition) is 2. The average molecular weight is 800 g/mol. The van der Waals surface area contributed by atoms with Gasteiger partial charge in [-0.15, -0.1) is 0 Å². The van der Waals surface area contributed by atoms with E-state index in [0.29, 0.717) is 25.9 Å². The van der Waals surface area contributed by atoms with E-state index < -0.39 is 51.2 Å². The minimum absolute atomic E-state index is 0.100. The largest absolute Gasteiger partial charge is 0.444 e. The monoisotopic (exact) mass is 798 g/mol. The molecule has 12 nitrogen and oxygen atoms in total. The number of nitrogens with one attached hydrogen (secondary N) is 1. The fourth-order valence-electron chi connectivity index (χ4n) is 4.81. The van der Waals surface area contributed by atoms with Crippen LogP contribution in [0.1, 0.15) is 87.9 Å². The summed E-state index contributed by atoms with van der Waals surface area (Å²) in [4.78, 5) is 49.8. The van der Waals surface area contributed by atoms with Crippen LogP contribution in [0.4, 0.5) is 18.4 Å². The summed E-state index contributed by atoms with van der Waals surface area (Å²) in [5.74, 6) is -2.31.